The van der Waals surface area contributed by atoms with Crippen LogP contribution in [0.5, 0.6) is 0 Å². The maximum atomic E-state index is 5.99. The Kier molecular flexibility index (Phi) is 2.03. The fraction of sp³-hybridized carbons (Fsp3) is 0. The van der Waals surface area contributed by atoms with Gasteiger partial charge in [0.2, 0.25) is 0 Å². The Morgan fingerprint density at radius 3 is 2.85 bits per heavy atom. The van der Waals surface area contributed by atoms with Crippen LogP contribution in [0.3, 0.4) is 0 Å². The van der Waals surface area contributed by atoms with Gasteiger partial charge in [0.25, 0.3) is 0 Å². The molecular weight excluding hydrogens is 182 g/mol. The number of benzene rings is 1. The summed E-state index contributed by atoms with van der Waals surface area (Å²) in [4.78, 5) is 4.35. The molecule has 0 spiro atoms. The first-order chi connectivity index (χ1) is 6.31. The van der Waals surface area contributed by atoms with Gasteiger partial charge in [0.15, 0.2) is 0 Å². The van der Waals surface area contributed by atoms with Gasteiger partial charge in [0.1, 0.15) is 0 Å². The van der Waals surface area contributed by atoms with Crippen LogP contribution in [0, 0.1) is 0 Å². The summed E-state index contributed by atoms with van der Waals surface area (Å²) in [5.41, 5.74) is 1.78. The second-order valence-electron chi connectivity index (χ2n) is 2.75. The van der Waals surface area contributed by atoms with Crippen LogP contribution in [0.2, 0.25) is 5.02 Å². The normalized spacial score (nSPS) is 10.2. The van der Waals surface area contributed by atoms with Gasteiger partial charge in [-0.2, -0.15) is 0 Å². The first-order valence-electron chi connectivity index (χ1n) is 3.99. The molecule has 0 aliphatic carbocycles. The van der Waals surface area contributed by atoms with Crippen molar-refractivity contribution in [2.24, 2.45) is 0 Å². The smallest absolute Gasteiger partial charge is 0.0724 e. The Bertz CT molecular complexity index is 463. The molecule has 0 saturated carbocycles. The predicted molar refractivity (Wildman–Crippen MR) is 56.8 cm³/mol. The van der Waals surface area contributed by atoms with Gasteiger partial charge in [0.05, 0.1) is 11.2 Å². The van der Waals surface area contributed by atoms with E-state index in [4.69, 9.17) is 11.6 Å². The van der Waals surface area contributed by atoms with Crippen LogP contribution in [0.15, 0.2) is 36.9 Å². The zero-order chi connectivity index (χ0) is 9.26. The Morgan fingerprint density at radius 2 is 2.08 bits per heavy atom. The number of aromatic nitrogens is 1. The van der Waals surface area contributed by atoms with Crippen molar-refractivity contribution in [3.05, 3.63) is 47.6 Å². The van der Waals surface area contributed by atoms with Gasteiger partial charge in [-0.15, -0.1) is 0 Å². The minimum absolute atomic E-state index is 0.737. The van der Waals surface area contributed by atoms with Crippen molar-refractivity contribution >= 4 is 28.6 Å². The second kappa shape index (κ2) is 3.19. The SMILES string of the molecule is C=Cc1ccc2c(Cl)cccc2n1. The van der Waals surface area contributed by atoms with E-state index in [-0.39, 0.29) is 0 Å². The molecule has 0 N–H and O–H groups in total. The summed E-state index contributed by atoms with van der Waals surface area (Å²) in [5.74, 6) is 0. The molecular formula is C11H8ClN. The highest BCUT2D eigenvalue weighted by molar-refractivity contribution is 6.35. The van der Waals surface area contributed by atoms with E-state index in [1.165, 1.54) is 0 Å². The van der Waals surface area contributed by atoms with Crippen molar-refractivity contribution in [3.63, 3.8) is 0 Å². The Balaban J connectivity index is 2.79. The van der Waals surface area contributed by atoms with Gasteiger partial charge >= 0.3 is 0 Å². The van der Waals surface area contributed by atoms with E-state index in [0.717, 1.165) is 21.6 Å². The first-order valence-corrected chi connectivity index (χ1v) is 4.37. The van der Waals surface area contributed by atoms with Crippen molar-refractivity contribution in [1.29, 1.82) is 0 Å². The molecule has 1 heterocycles. The molecule has 0 radical (unpaired) electrons. The molecule has 2 aromatic rings. The maximum Gasteiger partial charge on any atom is 0.0724 e. The van der Waals surface area contributed by atoms with E-state index < -0.39 is 0 Å². The van der Waals surface area contributed by atoms with Crippen LogP contribution in [0.1, 0.15) is 5.69 Å². The second-order valence-corrected chi connectivity index (χ2v) is 3.15. The topological polar surface area (TPSA) is 12.9 Å². The first kappa shape index (κ1) is 8.27. The lowest BCUT2D eigenvalue weighted by Gasteiger charge is -1.99. The number of rotatable bonds is 1. The van der Waals surface area contributed by atoms with Crippen molar-refractivity contribution in [2.45, 2.75) is 0 Å². The van der Waals surface area contributed by atoms with E-state index in [9.17, 15) is 0 Å². The number of pyridine rings is 1. The molecule has 1 aromatic carbocycles. The lowest BCUT2D eigenvalue weighted by Crippen LogP contribution is -1.82. The lowest BCUT2D eigenvalue weighted by molar-refractivity contribution is 1.37. The average molecular weight is 190 g/mol. The van der Waals surface area contributed by atoms with Gasteiger partial charge in [-0.25, -0.2) is 4.98 Å². The van der Waals surface area contributed by atoms with Gasteiger partial charge in [0, 0.05) is 10.4 Å². The van der Waals surface area contributed by atoms with Crippen molar-refractivity contribution in [3.8, 4) is 0 Å². The van der Waals surface area contributed by atoms with Crippen LogP contribution in [0.25, 0.3) is 17.0 Å². The molecule has 1 aromatic heterocycles. The number of fused-ring (bicyclic) bond motifs is 1. The summed E-state index contributed by atoms with van der Waals surface area (Å²) in [6, 6.07) is 9.56. The van der Waals surface area contributed by atoms with Gasteiger partial charge < -0.3 is 0 Å². The Labute approximate surface area is 81.7 Å². The third-order valence-electron chi connectivity index (χ3n) is 1.91. The fourth-order valence-electron chi connectivity index (χ4n) is 1.25. The summed E-state index contributed by atoms with van der Waals surface area (Å²) in [5, 5.41) is 1.72. The average Bonchev–Trinajstić information content (AvgIpc) is 2.18. The molecule has 0 saturated heterocycles. The van der Waals surface area contributed by atoms with E-state index >= 15 is 0 Å². The summed E-state index contributed by atoms with van der Waals surface area (Å²) < 4.78 is 0. The number of hydrogen-bond donors (Lipinski definition) is 0. The van der Waals surface area contributed by atoms with Crippen LogP contribution < -0.4 is 0 Å². The van der Waals surface area contributed by atoms with Gasteiger partial charge in [-0.3, -0.25) is 0 Å². The summed E-state index contributed by atoms with van der Waals surface area (Å²) >= 11 is 5.99. The summed E-state index contributed by atoms with van der Waals surface area (Å²) in [6.07, 6.45) is 1.72. The van der Waals surface area contributed by atoms with Crippen molar-refractivity contribution in [1.82, 2.24) is 4.98 Å². The highest BCUT2D eigenvalue weighted by Gasteiger charge is 1.98. The largest absolute Gasteiger partial charge is 0.248 e. The molecule has 0 amide bonds. The van der Waals surface area contributed by atoms with Crippen LogP contribution in [-0.4, -0.2) is 4.98 Å². The van der Waals surface area contributed by atoms with Crippen molar-refractivity contribution < 1.29 is 0 Å². The molecule has 0 bridgehead atoms. The Hall–Kier alpha value is -1.34. The zero-order valence-corrected chi connectivity index (χ0v) is 7.75. The zero-order valence-electron chi connectivity index (χ0n) is 7.00. The number of nitrogens with zero attached hydrogens (tertiary/aromatic N) is 1. The molecule has 1 nitrogen and oxygen atoms in total. The van der Waals surface area contributed by atoms with Gasteiger partial charge in [-0.1, -0.05) is 24.2 Å². The minimum Gasteiger partial charge on any atom is -0.248 e. The van der Waals surface area contributed by atoms with Gasteiger partial charge in [-0.05, 0) is 30.3 Å². The standard InChI is InChI=1S/C11H8ClN/c1-2-8-6-7-9-10(12)4-3-5-11(9)13-8/h2-7H,1H2. The minimum atomic E-state index is 0.737. The predicted octanol–water partition coefficient (Wildman–Crippen LogP) is 3.53. The Morgan fingerprint density at radius 1 is 1.23 bits per heavy atom. The maximum absolute atomic E-state index is 5.99. The van der Waals surface area contributed by atoms with Crippen molar-refractivity contribution in [2.75, 3.05) is 0 Å². The molecule has 0 aliphatic heterocycles. The fourth-order valence-corrected chi connectivity index (χ4v) is 1.48. The quantitative estimate of drug-likeness (QED) is 0.669. The molecule has 13 heavy (non-hydrogen) atoms. The third-order valence-corrected chi connectivity index (χ3v) is 2.24. The van der Waals surface area contributed by atoms with Crippen LogP contribution in [0.4, 0.5) is 0 Å². The molecule has 0 aliphatic rings. The summed E-state index contributed by atoms with van der Waals surface area (Å²) in [6.45, 7) is 3.66. The summed E-state index contributed by atoms with van der Waals surface area (Å²) in [7, 11) is 0. The monoisotopic (exact) mass is 189 g/mol. The molecule has 0 fully saturated rings. The number of hydrogen-bond acceptors (Lipinski definition) is 1. The lowest BCUT2D eigenvalue weighted by atomic mass is 10.2. The molecule has 2 heteroatoms. The van der Waals surface area contributed by atoms with E-state index in [1.54, 1.807) is 6.08 Å². The molecule has 0 unspecified atom stereocenters. The van der Waals surface area contributed by atoms with Crippen LogP contribution >= 0.6 is 11.6 Å². The van der Waals surface area contributed by atoms with E-state index in [1.807, 2.05) is 30.3 Å². The molecule has 0 atom stereocenters. The molecule has 64 valence electrons. The molecule has 2 rings (SSSR count). The number of halogens is 1. The highest BCUT2D eigenvalue weighted by atomic mass is 35.5. The van der Waals surface area contributed by atoms with E-state index in [2.05, 4.69) is 11.6 Å². The van der Waals surface area contributed by atoms with E-state index in [0.29, 0.717) is 0 Å². The highest BCUT2D eigenvalue weighted by Crippen LogP contribution is 2.21. The van der Waals surface area contributed by atoms with Crippen LogP contribution in [-0.2, 0) is 0 Å². The third kappa shape index (κ3) is 1.43.